The number of nitrogens with one attached hydrogen (secondary N) is 8. The third kappa shape index (κ3) is 30.1. The maximum absolute atomic E-state index is 13.0. The van der Waals surface area contributed by atoms with Crippen molar-refractivity contribution >= 4 is 65.3 Å². The highest BCUT2D eigenvalue weighted by molar-refractivity contribution is 6.00. The van der Waals surface area contributed by atoms with Crippen molar-refractivity contribution in [1.82, 2.24) is 45.2 Å². The first-order valence-electron chi connectivity index (χ1n) is 30.7. The van der Waals surface area contributed by atoms with E-state index in [1.54, 1.807) is 131 Å². The topological polar surface area (TPSA) is 367 Å². The van der Waals surface area contributed by atoms with Crippen LogP contribution in [0.15, 0.2) is 147 Å². The highest BCUT2D eigenvalue weighted by atomic mass is 19.4. The molecule has 3 heterocycles. The lowest BCUT2D eigenvalue weighted by molar-refractivity contribution is -0.275. The van der Waals surface area contributed by atoms with E-state index in [2.05, 4.69) is 76.4 Å². The van der Waals surface area contributed by atoms with Gasteiger partial charge in [0.05, 0.1) is 22.5 Å². The number of para-hydroxylation sites is 4. The molecule has 0 atom stereocenters. The van der Waals surface area contributed by atoms with Gasteiger partial charge in [0.15, 0.2) is 11.5 Å². The highest BCUT2D eigenvalue weighted by Crippen LogP contribution is 2.32. The molecule has 0 fully saturated rings. The molecule has 10 N–H and O–H groups in total. The number of urea groups is 2. The second-order valence-corrected chi connectivity index (χ2v) is 24.3. The summed E-state index contributed by atoms with van der Waals surface area (Å²) in [6.45, 7) is 22.2. The minimum absolute atomic E-state index is 0.175. The Morgan fingerprint density at radius 3 is 1.53 bits per heavy atom. The van der Waals surface area contributed by atoms with Gasteiger partial charge >= 0.3 is 43.1 Å². The number of alkyl carbamates (subject to hydrolysis) is 1. The van der Waals surface area contributed by atoms with Crippen LogP contribution in [0.5, 0.6) is 11.5 Å². The summed E-state index contributed by atoms with van der Waals surface area (Å²) in [5.41, 5.74) is 5.36. The first-order valence-corrected chi connectivity index (χ1v) is 30.7. The van der Waals surface area contributed by atoms with Crippen molar-refractivity contribution in [3.05, 3.63) is 160 Å². The number of halogens is 6. The van der Waals surface area contributed by atoms with E-state index in [4.69, 9.17) is 19.9 Å². The largest absolute Gasteiger partial charge is 0.573 e. The number of amides is 7. The summed E-state index contributed by atoms with van der Waals surface area (Å²) in [5.74, 6) is -0.778. The molecule has 0 aliphatic heterocycles. The Labute approximate surface area is 570 Å². The third-order valence-corrected chi connectivity index (χ3v) is 12.3. The molecule has 28 nitrogen and oxygen atoms in total. The standard InChI is InChI=1S/C34H42F3N7O7.C22H23F3N6O3.C10H15N3O2/c1-21(40-30(47)50-32(2,3)4)38-17-10-18-44(31(48)51-33(5,6)7)20-22-13-15-23(16-14-22)24-19-39-28(42-27(24)45)43-29(46)41-25-11-8-9-12-26(25)49-34(35,36)37;23-22(24,25)34-18-5-2-1-4-17(18)29-21(33)31-20-28-13-16(19(32)30-20)15-8-6-14(7-9-15)12-27-11-3-10-26;1-8(13-7-5-6-11-13)12-9(14)15-10(2,3)4/h8-9,11-16,19H,10,17-18,20H2,1-7H3,(H,38,40,47)(H3,39,41,42,43,45,46);1-2,4-9,13,27H,3,10-12,26H2,(H3,28,29,30,31,32,33);5-7H,1-4H3. The molecule has 4 aromatic carbocycles. The number of hydrogen-bond acceptors (Lipinski definition) is 18. The summed E-state index contributed by atoms with van der Waals surface area (Å²) < 4.78 is 101. The average Bonchev–Trinajstić information content (AvgIpc) is 1.05. The van der Waals surface area contributed by atoms with Gasteiger partial charge in [0.2, 0.25) is 11.9 Å². The van der Waals surface area contributed by atoms with Crippen molar-refractivity contribution in [2.45, 2.75) is 132 Å². The zero-order valence-corrected chi connectivity index (χ0v) is 56.7. The lowest BCUT2D eigenvalue weighted by atomic mass is 10.1. The van der Waals surface area contributed by atoms with Crippen molar-refractivity contribution in [3.8, 4) is 33.8 Å². The van der Waals surface area contributed by atoms with E-state index in [1.807, 2.05) is 12.1 Å². The normalized spacial score (nSPS) is 11.9. The molecule has 3 aromatic heterocycles. The average molecular weight is 1400 g/mol. The Hall–Kier alpha value is -11.2. The molecule has 34 heteroatoms. The lowest BCUT2D eigenvalue weighted by Crippen LogP contribution is -2.37. The van der Waals surface area contributed by atoms with Crippen molar-refractivity contribution < 1.29 is 74.0 Å². The number of ether oxygens (including phenoxy) is 5. The van der Waals surface area contributed by atoms with E-state index >= 15 is 0 Å². The number of carbonyl (C=O) groups is 5. The van der Waals surface area contributed by atoms with Crippen molar-refractivity contribution in [2.24, 2.45) is 15.7 Å². The van der Waals surface area contributed by atoms with Gasteiger partial charge in [-0.2, -0.15) is 10.1 Å². The van der Waals surface area contributed by atoms with E-state index in [0.29, 0.717) is 55.4 Å². The van der Waals surface area contributed by atoms with Crippen LogP contribution in [0.3, 0.4) is 0 Å². The Morgan fingerprint density at radius 2 is 1.09 bits per heavy atom. The van der Waals surface area contributed by atoms with E-state index in [9.17, 15) is 59.9 Å². The second-order valence-electron chi connectivity index (χ2n) is 24.3. The molecule has 0 unspecified atom stereocenters. The van der Waals surface area contributed by atoms with Crippen LogP contribution >= 0.6 is 0 Å². The fraction of sp³-hybridized carbons (Fsp3) is 0.364. The molecule has 0 radical (unpaired) electrons. The van der Waals surface area contributed by atoms with Gasteiger partial charge in [0, 0.05) is 51.0 Å². The van der Waals surface area contributed by atoms with Gasteiger partial charge in [-0.3, -0.25) is 40.5 Å². The van der Waals surface area contributed by atoms with Gasteiger partial charge in [-0.05, 0) is 155 Å². The lowest BCUT2D eigenvalue weighted by Gasteiger charge is -2.27. The predicted octanol–water partition coefficient (Wildman–Crippen LogP) is 12.6. The summed E-state index contributed by atoms with van der Waals surface area (Å²) in [6, 6.07) is 24.0. The Bertz CT molecular complexity index is 4030. The van der Waals surface area contributed by atoms with Crippen LogP contribution in [0.1, 0.15) is 100 Å². The predicted molar refractivity (Wildman–Crippen MR) is 363 cm³/mol. The molecule has 7 rings (SSSR count). The SMILES string of the molecule is CC(=NC(=O)OC(C)(C)C)n1cccn1.CC(=NCCCN(Cc1ccc(-c2cnc(NC(=O)Nc3ccccc3OC(F)(F)F)[nH]c2=O)cc1)C(=O)OC(C)(C)C)NC(=O)OC(C)(C)C.NCCCNCc1ccc(-c2cnc(NC(=O)Nc3ccccc3OC(F)(F)F)[nH]c2=O)cc1. The van der Waals surface area contributed by atoms with E-state index in [-0.39, 0.29) is 40.9 Å². The fourth-order valence-corrected chi connectivity index (χ4v) is 8.18. The van der Waals surface area contributed by atoms with Gasteiger partial charge in [-0.1, -0.05) is 72.8 Å². The number of aliphatic imine (C=N–C) groups is 2. The molecule has 0 bridgehead atoms. The molecule has 0 saturated carbocycles. The van der Waals surface area contributed by atoms with E-state index < -0.39 is 82.5 Å². The number of nitrogens with two attached hydrogens (primary N) is 1. The molecule has 538 valence electrons. The second kappa shape index (κ2) is 36.4. The number of hydrogen-bond donors (Lipinski definition) is 9. The summed E-state index contributed by atoms with van der Waals surface area (Å²) in [4.78, 5) is 109. The Balaban J connectivity index is 0.000000313. The summed E-state index contributed by atoms with van der Waals surface area (Å²) in [6.07, 6.45) is -4.41. The number of aromatic amines is 2. The zero-order chi connectivity index (χ0) is 74.0. The molecule has 0 aliphatic carbocycles. The quantitative estimate of drug-likeness (QED) is 0.0119. The molecule has 0 spiro atoms. The number of rotatable bonds is 19. The van der Waals surface area contributed by atoms with Crippen LogP contribution in [0, 0.1) is 0 Å². The van der Waals surface area contributed by atoms with Crippen molar-refractivity contribution in [3.63, 3.8) is 0 Å². The summed E-state index contributed by atoms with van der Waals surface area (Å²) in [7, 11) is 0. The van der Waals surface area contributed by atoms with Crippen LogP contribution in [0.25, 0.3) is 22.3 Å². The van der Waals surface area contributed by atoms with Crippen molar-refractivity contribution in [2.75, 3.05) is 47.4 Å². The van der Waals surface area contributed by atoms with Gasteiger partial charge in [0.1, 0.15) is 28.5 Å². The smallest absolute Gasteiger partial charge is 0.444 e. The van der Waals surface area contributed by atoms with Crippen LogP contribution in [-0.2, 0) is 27.3 Å². The first kappa shape index (κ1) is 79.5. The number of nitrogens with zero attached hydrogens (tertiary/aromatic N) is 7. The molecule has 0 aliphatic rings. The van der Waals surface area contributed by atoms with Crippen molar-refractivity contribution in [1.29, 1.82) is 0 Å². The van der Waals surface area contributed by atoms with Gasteiger partial charge < -0.3 is 50.3 Å². The maximum Gasteiger partial charge on any atom is 0.573 e. The number of amidine groups is 1. The fourth-order valence-electron chi connectivity index (χ4n) is 8.18. The maximum atomic E-state index is 13.0. The number of aromatic nitrogens is 6. The van der Waals surface area contributed by atoms with Gasteiger partial charge in [-0.25, -0.2) is 38.6 Å². The molecule has 7 amide bonds. The minimum atomic E-state index is -4.97. The van der Waals surface area contributed by atoms with E-state index in [0.717, 1.165) is 36.2 Å². The number of alkyl halides is 6. The molecular formula is C66H80F6N16O12. The van der Waals surface area contributed by atoms with Gasteiger partial charge in [-0.15, -0.1) is 26.3 Å². The number of benzene rings is 4. The monoisotopic (exact) mass is 1400 g/mol. The van der Waals surface area contributed by atoms with Crippen LogP contribution in [0.4, 0.5) is 73.6 Å². The van der Waals surface area contributed by atoms with Crippen LogP contribution < -0.4 is 58.2 Å². The molecular weight excluding hydrogens is 1320 g/mol. The molecule has 100 heavy (non-hydrogen) atoms. The minimum Gasteiger partial charge on any atom is -0.444 e. The summed E-state index contributed by atoms with van der Waals surface area (Å²) >= 11 is 0. The highest BCUT2D eigenvalue weighted by Gasteiger charge is 2.34. The number of carbonyl (C=O) groups excluding carboxylic acids is 5. The Kier molecular flexibility index (Phi) is 29.0. The molecule has 7 aromatic rings. The molecule has 0 saturated heterocycles. The van der Waals surface area contributed by atoms with Crippen LogP contribution in [-0.4, -0.2) is 132 Å². The third-order valence-electron chi connectivity index (χ3n) is 12.3. The van der Waals surface area contributed by atoms with Crippen LogP contribution in [0.2, 0.25) is 0 Å². The zero-order valence-electron chi connectivity index (χ0n) is 56.7. The number of H-pyrrole nitrogens is 2. The first-order chi connectivity index (χ1) is 46.8. The summed E-state index contributed by atoms with van der Waals surface area (Å²) in [5, 5.41) is 18.8. The van der Waals surface area contributed by atoms with Gasteiger partial charge in [0.25, 0.3) is 11.1 Å². The number of anilines is 4. The Morgan fingerprint density at radius 1 is 0.610 bits per heavy atom. The van der Waals surface area contributed by atoms with E-state index in [1.165, 1.54) is 58.4 Å².